The fourth-order valence-corrected chi connectivity index (χ4v) is 2.92. The quantitative estimate of drug-likeness (QED) is 0.767. The van der Waals surface area contributed by atoms with E-state index in [4.69, 9.17) is 0 Å². The van der Waals surface area contributed by atoms with E-state index >= 15 is 0 Å². The third kappa shape index (κ3) is 3.63. The highest BCUT2D eigenvalue weighted by Gasteiger charge is 2.09. The lowest BCUT2D eigenvalue weighted by atomic mass is 10.1. The number of alkyl halides is 1. The van der Waals surface area contributed by atoms with Gasteiger partial charge in [0.05, 0.1) is 0 Å². The third-order valence-electron chi connectivity index (χ3n) is 1.53. The third-order valence-corrected chi connectivity index (χ3v) is 2.91. The van der Waals surface area contributed by atoms with Crippen LogP contribution in [0.15, 0.2) is 6.33 Å². The number of halogens is 1. The Balaban J connectivity index is 2.32. The Hall–Kier alpha value is 0.0400. The van der Waals surface area contributed by atoms with E-state index in [2.05, 4.69) is 39.1 Å². The Morgan fingerprint density at radius 1 is 1.58 bits per heavy atom. The summed E-state index contributed by atoms with van der Waals surface area (Å²) >= 11 is 5.13. The lowest BCUT2D eigenvalue weighted by molar-refractivity contribution is 0.570. The first-order valence-corrected chi connectivity index (χ1v) is 5.77. The van der Waals surface area contributed by atoms with Crippen LogP contribution in [0.25, 0.3) is 0 Å². The maximum atomic E-state index is 4.14. The molecule has 0 saturated heterocycles. The fraction of sp³-hybridized carbons (Fsp3) is 0.750. The van der Waals surface area contributed by atoms with Gasteiger partial charge in [0.15, 0.2) is 0 Å². The molecule has 1 aromatic rings. The van der Waals surface area contributed by atoms with Gasteiger partial charge in [-0.05, 0) is 23.9 Å². The summed E-state index contributed by atoms with van der Waals surface area (Å²) in [5.74, 6) is 0.738. The second-order valence-corrected chi connectivity index (χ2v) is 5.43. The molecule has 0 N–H and O–H groups in total. The van der Waals surface area contributed by atoms with Crippen molar-refractivity contribution in [3.05, 3.63) is 11.3 Å². The van der Waals surface area contributed by atoms with E-state index < -0.39 is 0 Å². The second kappa shape index (κ2) is 4.92. The van der Waals surface area contributed by atoms with Crippen LogP contribution in [0.3, 0.4) is 0 Å². The highest BCUT2D eigenvalue weighted by molar-refractivity contribution is 9.09. The van der Waals surface area contributed by atoms with E-state index in [9.17, 15) is 0 Å². The molecule has 1 heterocycles. The van der Waals surface area contributed by atoms with E-state index in [0.717, 1.165) is 17.3 Å². The Morgan fingerprint density at radius 2 is 2.33 bits per heavy atom. The van der Waals surface area contributed by atoms with Crippen LogP contribution < -0.4 is 0 Å². The zero-order chi connectivity index (χ0) is 8.97. The first kappa shape index (κ1) is 10.1. The van der Waals surface area contributed by atoms with Crippen LogP contribution in [0.2, 0.25) is 0 Å². The predicted octanol–water partition coefficient (Wildman–Crippen LogP) is 2.89. The van der Waals surface area contributed by atoms with Gasteiger partial charge in [-0.2, -0.15) is 4.37 Å². The van der Waals surface area contributed by atoms with Crippen molar-refractivity contribution in [1.82, 2.24) is 9.36 Å². The minimum atomic E-state index is 0.547. The Kier molecular flexibility index (Phi) is 4.15. The summed E-state index contributed by atoms with van der Waals surface area (Å²) in [4.78, 5) is 4.69. The van der Waals surface area contributed by atoms with Gasteiger partial charge < -0.3 is 0 Å². The summed E-state index contributed by atoms with van der Waals surface area (Å²) in [7, 11) is 0. The summed E-state index contributed by atoms with van der Waals surface area (Å²) in [6.45, 7) is 4.46. The zero-order valence-corrected chi connectivity index (χ0v) is 9.73. The lowest BCUT2D eigenvalue weighted by Gasteiger charge is -2.09. The lowest BCUT2D eigenvalue weighted by Crippen LogP contribution is -2.06. The molecule has 0 bridgehead atoms. The molecule has 12 heavy (non-hydrogen) atoms. The number of rotatable bonds is 4. The molecule has 1 unspecified atom stereocenters. The topological polar surface area (TPSA) is 25.8 Å². The van der Waals surface area contributed by atoms with Gasteiger partial charge in [-0.25, -0.2) is 4.98 Å². The molecule has 1 rings (SSSR count). The summed E-state index contributed by atoms with van der Waals surface area (Å²) in [5, 5.41) is 1.12. The van der Waals surface area contributed by atoms with Crippen molar-refractivity contribution in [3.63, 3.8) is 0 Å². The standard InChI is InChI=1S/C8H13BrN2S/c1-6(2)3-7(9)4-8-10-5-11-12-8/h5-7H,3-4H2,1-2H3. The van der Waals surface area contributed by atoms with Crippen molar-refractivity contribution in [2.45, 2.75) is 31.5 Å². The van der Waals surface area contributed by atoms with Gasteiger partial charge in [-0.1, -0.05) is 29.8 Å². The van der Waals surface area contributed by atoms with Gasteiger partial charge in [0.2, 0.25) is 0 Å². The highest BCUT2D eigenvalue weighted by Crippen LogP contribution is 2.17. The van der Waals surface area contributed by atoms with E-state index in [1.54, 1.807) is 6.33 Å². The summed E-state index contributed by atoms with van der Waals surface area (Å²) in [6.07, 6.45) is 3.82. The molecular weight excluding hydrogens is 236 g/mol. The first-order chi connectivity index (χ1) is 5.68. The SMILES string of the molecule is CC(C)CC(Br)Cc1ncns1. The molecule has 0 aliphatic rings. The summed E-state index contributed by atoms with van der Waals surface area (Å²) in [6, 6.07) is 0. The van der Waals surface area contributed by atoms with E-state index in [-0.39, 0.29) is 0 Å². The molecule has 68 valence electrons. The Bertz CT molecular complexity index is 211. The fourth-order valence-electron chi connectivity index (χ4n) is 1.07. The maximum Gasteiger partial charge on any atom is 0.129 e. The molecule has 0 radical (unpaired) electrons. The summed E-state index contributed by atoms with van der Waals surface area (Å²) < 4.78 is 3.96. The van der Waals surface area contributed by atoms with Crippen LogP contribution >= 0.6 is 27.5 Å². The van der Waals surface area contributed by atoms with Gasteiger partial charge in [0.25, 0.3) is 0 Å². The van der Waals surface area contributed by atoms with Gasteiger partial charge in [-0.15, -0.1) is 0 Å². The molecule has 0 aromatic carbocycles. The number of aromatic nitrogens is 2. The van der Waals surface area contributed by atoms with Crippen LogP contribution in [-0.4, -0.2) is 14.2 Å². The minimum absolute atomic E-state index is 0.547. The van der Waals surface area contributed by atoms with Crippen molar-refractivity contribution in [1.29, 1.82) is 0 Å². The molecule has 1 aromatic heterocycles. The molecule has 2 nitrogen and oxygen atoms in total. The zero-order valence-electron chi connectivity index (χ0n) is 7.33. The van der Waals surface area contributed by atoms with Crippen molar-refractivity contribution in [3.8, 4) is 0 Å². The number of hydrogen-bond acceptors (Lipinski definition) is 3. The van der Waals surface area contributed by atoms with Crippen molar-refractivity contribution >= 4 is 27.5 Å². The Morgan fingerprint density at radius 3 is 2.83 bits per heavy atom. The second-order valence-electron chi connectivity index (χ2n) is 3.27. The van der Waals surface area contributed by atoms with Crippen molar-refractivity contribution in [2.24, 2.45) is 5.92 Å². The van der Waals surface area contributed by atoms with E-state index in [0.29, 0.717) is 4.83 Å². The normalized spacial score (nSPS) is 13.7. The highest BCUT2D eigenvalue weighted by atomic mass is 79.9. The molecule has 0 aliphatic heterocycles. The van der Waals surface area contributed by atoms with Gasteiger partial charge in [0.1, 0.15) is 11.3 Å². The first-order valence-electron chi connectivity index (χ1n) is 4.08. The molecule has 0 aliphatic carbocycles. The molecule has 0 spiro atoms. The smallest absolute Gasteiger partial charge is 0.129 e. The average Bonchev–Trinajstić information content (AvgIpc) is 2.37. The van der Waals surface area contributed by atoms with Gasteiger partial charge >= 0.3 is 0 Å². The molecule has 4 heteroatoms. The van der Waals surface area contributed by atoms with Crippen LogP contribution in [0, 0.1) is 5.92 Å². The molecule has 0 saturated carbocycles. The average molecular weight is 249 g/mol. The van der Waals surface area contributed by atoms with Crippen molar-refractivity contribution < 1.29 is 0 Å². The number of nitrogens with zero attached hydrogens (tertiary/aromatic N) is 2. The predicted molar refractivity (Wildman–Crippen MR) is 55.8 cm³/mol. The number of hydrogen-bond donors (Lipinski definition) is 0. The molecule has 0 fully saturated rings. The van der Waals surface area contributed by atoms with Crippen LogP contribution in [0.5, 0.6) is 0 Å². The van der Waals surface area contributed by atoms with Crippen LogP contribution in [-0.2, 0) is 6.42 Å². The van der Waals surface area contributed by atoms with Crippen molar-refractivity contribution in [2.75, 3.05) is 0 Å². The van der Waals surface area contributed by atoms with Crippen LogP contribution in [0.1, 0.15) is 25.3 Å². The molecular formula is C8H13BrN2S. The molecule has 1 atom stereocenters. The summed E-state index contributed by atoms with van der Waals surface area (Å²) in [5.41, 5.74) is 0. The molecule has 0 amide bonds. The van der Waals surface area contributed by atoms with E-state index in [1.165, 1.54) is 18.0 Å². The van der Waals surface area contributed by atoms with Gasteiger partial charge in [0, 0.05) is 11.2 Å². The van der Waals surface area contributed by atoms with Gasteiger partial charge in [-0.3, -0.25) is 0 Å². The van der Waals surface area contributed by atoms with E-state index in [1.807, 2.05) is 0 Å². The maximum absolute atomic E-state index is 4.14. The minimum Gasteiger partial charge on any atom is -0.228 e. The largest absolute Gasteiger partial charge is 0.228 e. The van der Waals surface area contributed by atoms with Crippen LogP contribution in [0.4, 0.5) is 0 Å². The Labute approximate surface area is 85.7 Å². The monoisotopic (exact) mass is 248 g/mol.